The third kappa shape index (κ3) is 2.45. The molecule has 2 aromatic heterocycles. The number of pyridine rings is 2. The van der Waals surface area contributed by atoms with E-state index in [2.05, 4.69) is 10.3 Å². The summed E-state index contributed by atoms with van der Waals surface area (Å²) >= 11 is 0. The fraction of sp³-hybridized carbons (Fsp3) is 0.154. The Labute approximate surface area is 105 Å². The molecule has 0 aromatic carbocycles. The van der Waals surface area contributed by atoms with E-state index in [0.717, 1.165) is 5.56 Å². The maximum Gasteiger partial charge on any atom is 0.322 e. The third-order valence-corrected chi connectivity index (χ3v) is 2.52. The van der Waals surface area contributed by atoms with Crippen molar-refractivity contribution < 1.29 is 9.52 Å². The smallest absolute Gasteiger partial charge is 0.322 e. The van der Waals surface area contributed by atoms with Crippen molar-refractivity contribution in [2.24, 2.45) is 0 Å². The van der Waals surface area contributed by atoms with Gasteiger partial charge < -0.3 is 10.5 Å². The number of anilines is 1. The first-order valence-electron chi connectivity index (χ1n) is 5.51. The quantitative estimate of drug-likeness (QED) is 0.643. The summed E-state index contributed by atoms with van der Waals surface area (Å²) in [7, 11) is 0. The summed E-state index contributed by atoms with van der Waals surface area (Å²) in [5, 5.41) is 14.3. The van der Waals surface area contributed by atoms with E-state index in [1.165, 1.54) is 6.07 Å². The number of aryl methyl sites for hydroxylation is 2. The van der Waals surface area contributed by atoms with Gasteiger partial charge in [0, 0.05) is 25.3 Å². The van der Waals surface area contributed by atoms with Gasteiger partial charge in [-0.2, -0.15) is 4.73 Å². The second-order valence-electron chi connectivity index (χ2n) is 4.02. The molecule has 0 unspecified atom stereocenters. The van der Waals surface area contributed by atoms with Gasteiger partial charge in [-0.15, -0.1) is 0 Å². The lowest BCUT2D eigenvalue weighted by Crippen LogP contribution is -2.39. The van der Waals surface area contributed by atoms with Crippen LogP contribution >= 0.6 is 0 Å². The molecule has 0 saturated carbocycles. The number of aromatic nitrogens is 2. The lowest BCUT2D eigenvalue weighted by atomic mass is 10.3. The molecule has 0 aliphatic carbocycles. The zero-order valence-electron chi connectivity index (χ0n) is 10.2. The van der Waals surface area contributed by atoms with E-state index in [1.807, 2.05) is 13.0 Å². The van der Waals surface area contributed by atoms with Crippen molar-refractivity contribution in [3.8, 4) is 0 Å². The third-order valence-electron chi connectivity index (χ3n) is 2.52. The highest BCUT2D eigenvalue weighted by atomic mass is 16.5. The second kappa shape index (κ2) is 4.83. The molecule has 18 heavy (non-hydrogen) atoms. The van der Waals surface area contributed by atoms with Gasteiger partial charge in [0.1, 0.15) is 5.82 Å². The summed E-state index contributed by atoms with van der Waals surface area (Å²) in [5.74, 6) is -0.0443. The van der Waals surface area contributed by atoms with E-state index in [1.54, 1.807) is 31.3 Å². The Kier molecular flexibility index (Phi) is 3.23. The SMILES string of the molecule is Cc1ccc(NC(=O)c2cccc(C)[n+]2[O-])nc1. The average Bonchev–Trinajstić information content (AvgIpc) is 2.35. The highest BCUT2D eigenvalue weighted by Crippen LogP contribution is 2.05. The van der Waals surface area contributed by atoms with Crippen LogP contribution in [0.1, 0.15) is 21.7 Å². The normalized spacial score (nSPS) is 10.1. The van der Waals surface area contributed by atoms with Crippen LogP contribution in [0.25, 0.3) is 0 Å². The lowest BCUT2D eigenvalue weighted by molar-refractivity contribution is -0.614. The summed E-state index contributed by atoms with van der Waals surface area (Å²) in [4.78, 5) is 16.0. The average molecular weight is 243 g/mol. The predicted octanol–water partition coefficient (Wildman–Crippen LogP) is 1.58. The van der Waals surface area contributed by atoms with Crippen LogP contribution in [0.15, 0.2) is 36.5 Å². The number of hydrogen-bond donors (Lipinski definition) is 1. The molecule has 1 N–H and O–H groups in total. The highest BCUT2D eigenvalue weighted by molar-refractivity contribution is 6.01. The number of rotatable bonds is 2. The predicted molar refractivity (Wildman–Crippen MR) is 67.1 cm³/mol. The van der Waals surface area contributed by atoms with E-state index in [4.69, 9.17) is 0 Å². The van der Waals surface area contributed by atoms with Crippen molar-refractivity contribution in [3.63, 3.8) is 0 Å². The molecule has 0 aliphatic rings. The fourth-order valence-electron chi connectivity index (χ4n) is 1.49. The van der Waals surface area contributed by atoms with E-state index in [-0.39, 0.29) is 5.69 Å². The van der Waals surface area contributed by atoms with Crippen LogP contribution in [0.5, 0.6) is 0 Å². The minimum atomic E-state index is -0.468. The zero-order valence-corrected chi connectivity index (χ0v) is 10.2. The summed E-state index contributed by atoms with van der Waals surface area (Å²) in [6, 6.07) is 8.32. The number of carbonyl (C=O) groups is 1. The van der Waals surface area contributed by atoms with Crippen molar-refractivity contribution in [2.45, 2.75) is 13.8 Å². The first-order chi connectivity index (χ1) is 8.58. The van der Waals surface area contributed by atoms with Crippen molar-refractivity contribution in [1.29, 1.82) is 0 Å². The van der Waals surface area contributed by atoms with E-state index >= 15 is 0 Å². The minimum Gasteiger partial charge on any atom is -0.618 e. The highest BCUT2D eigenvalue weighted by Gasteiger charge is 2.17. The molecule has 2 aromatic rings. The summed E-state index contributed by atoms with van der Waals surface area (Å²) in [5.41, 5.74) is 1.53. The summed E-state index contributed by atoms with van der Waals surface area (Å²) < 4.78 is 0.601. The molecule has 0 bridgehead atoms. The van der Waals surface area contributed by atoms with E-state index in [9.17, 15) is 10.0 Å². The Bertz CT molecular complexity index is 579. The molecular formula is C13H13N3O2. The fourth-order valence-corrected chi connectivity index (χ4v) is 1.49. The van der Waals surface area contributed by atoms with Gasteiger partial charge in [-0.1, -0.05) is 6.07 Å². The Morgan fingerprint density at radius 3 is 2.72 bits per heavy atom. The van der Waals surface area contributed by atoms with Crippen LogP contribution in [-0.2, 0) is 0 Å². The van der Waals surface area contributed by atoms with Crippen molar-refractivity contribution in [1.82, 2.24) is 4.98 Å². The first kappa shape index (κ1) is 12.0. The van der Waals surface area contributed by atoms with Crippen molar-refractivity contribution >= 4 is 11.7 Å². The molecule has 2 heterocycles. The van der Waals surface area contributed by atoms with Gasteiger partial charge in [0.05, 0.1) is 0 Å². The Balaban J connectivity index is 2.22. The minimum absolute atomic E-state index is 0.0531. The van der Waals surface area contributed by atoms with Gasteiger partial charge in [-0.05, 0) is 24.6 Å². The molecule has 0 aliphatic heterocycles. The van der Waals surface area contributed by atoms with Gasteiger partial charge in [0.25, 0.3) is 5.69 Å². The number of nitrogens with zero attached hydrogens (tertiary/aromatic N) is 2. The van der Waals surface area contributed by atoms with Crippen LogP contribution in [-0.4, -0.2) is 10.9 Å². The molecule has 92 valence electrons. The molecule has 1 amide bonds. The maximum atomic E-state index is 11.9. The topological polar surface area (TPSA) is 68.9 Å². The molecule has 0 fully saturated rings. The number of nitrogens with one attached hydrogen (secondary N) is 1. The summed E-state index contributed by atoms with van der Waals surface area (Å²) in [6.07, 6.45) is 1.65. The van der Waals surface area contributed by atoms with E-state index in [0.29, 0.717) is 16.2 Å². The van der Waals surface area contributed by atoms with Crippen molar-refractivity contribution in [3.05, 3.63) is 58.7 Å². The number of carbonyl (C=O) groups excluding carboxylic acids is 1. The number of amides is 1. The number of hydrogen-bond acceptors (Lipinski definition) is 3. The van der Waals surface area contributed by atoms with Gasteiger partial charge >= 0.3 is 5.91 Å². The van der Waals surface area contributed by atoms with Gasteiger partial charge in [0.2, 0.25) is 0 Å². The van der Waals surface area contributed by atoms with Crippen LogP contribution in [0.4, 0.5) is 5.82 Å². The molecule has 0 atom stereocenters. The van der Waals surface area contributed by atoms with E-state index < -0.39 is 5.91 Å². The van der Waals surface area contributed by atoms with Crippen LogP contribution in [0.3, 0.4) is 0 Å². The zero-order chi connectivity index (χ0) is 13.1. The Morgan fingerprint density at radius 1 is 1.28 bits per heavy atom. The van der Waals surface area contributed by atoms with Gasteiger partial charge in [-0.25, -0.2) is 4.98 Å². The molecule has 2 rings (SSSR count). The monoisotopic (exact) mass is 243 g/mol. The Morgan fingerprint density at radius 2 is 2.06 bits per heavy atom. The van der Waals surface area contributed by atoms with Crippen LogP contribution in [0, 0.1) is 19.1 Å². The molecule has 0 saturated heterocycles. The van der Waals surface area contributed by atoms with Crippen molar-refractivity contribution in [2.75, 3.05) is 5.32 Å². The molecule has 5 heteroatoms. The molecule has 5 nitrogen and oxygen atoms in total. The second-order valence-corrected chi connectivity index (χ2v) is 4.02. The molecule has 0 spiro atoms. The first-order valence-corrected chi connectivity index (χ1v) is 5.51. The standard InChI is InChI=1S/C13H13N3O2/c1-9-6-7-12(14-8-9)15-13(17)11-5-3-4-10(2)16(11)18/h3-8H,1-2H3,(H,14,15,17). The molecular weight excluding hydrogens is 230 g/mol. The largest absolute Gasteiger partial charge is 0.618 e. The Hall–Kier alpha value is -2.43. The lowest BCUT2D eigenvalue weighted by Gasteiger charge is -2.07. The molecule has 0 radical (unpaired) electrons. The van der Waals surface area contributed by atoms with Crippen LogP contribution in [0.2, 0.25) is 0 Å². The maximum absolute atomic E-state index is 11.9. The summed E-state index contributed by atoms with van der Waals surface area (Å²) in [6.45, 7) is 3.55. The van der Waals surface area contributed by atoms with Gasteiger partial charge in [-0.3, -0.25) is 4.79 Å². The van der Waals surface area contributed by atoms with Crippen LogP contribution < -0.4 is 10.0 Å². The van der Waals surface area contributed by atoms with Gasteiger partial charge in [0.15, 0.2) is 5.69 Å².